The van der Waals surface area contributed by atoms with Gasteiger partial charge in [-0.15, -0.1) is 0 Å². The van der Waals surface area contributed by atoms with Crippen LogP contribution in [0.2, 0.25) is 0 Å². The predicted molar refractivity (Wildman–Crippen MR) is 111 cm³/mol. The van der Waals surface area contributed by atoms with Crippen LogP contribution in [0.25, 0.3) is 10.8 Å². The van der Waals surface area contributed by atoms with Crippen molar-refractivity contribution in [2.24, 2.45) is 0 Å². The number of hydrogen-bond acceptors (Lipinski definition) is 3. The highest BCUT2D eigenvalue weighted by molar-refractivity contribution is 6.11. The van der Waals surface area contributed by atoms with Gasteiger partial charge in [-0.3, -0.25) is 14.5 Å². The van der Waals surface area contributed by atoms with Crippen LogP contribution in [-0.2, 0) is 15.1 Å². The molecule has 3 aromatic rings. The van der Waals surface area contributed by atoms with E-state index in [1.807, 2.05) is 61.5 Å². The molecule has 0 spiro atoms. The molecule has 4 rings (SSSR count). The van der Waals surface area contributed by atoms with Crippen molar-refractivity contribution in [1.82, 2.24) is 10.2 Å². The largest absolute Gasteiger partial charge is 0.325 e. The van der Waals surface area contributed by atoms with Gasteiger partial charge in [-0.2, -0.15) is 0 Å². The molecular formula is C23H21N3O3. The second-order valence-electron chi connectivity index (χ2n) is 7.02. The number of nitrogens with one attached hydrogen (secondary N) is 2. The van der Waals surface area contributed by atoms with Gasteiger partial charge in [-0.05, 0) is 23.4 Å². The maximum absolute atomic E-state index is 13.1. The number of fused-ring (bicyclic) bond motifs is 1. The minimum atomic E-state index is -1.14. The maximum atomic E-state index is 13.1. The van der Waals surface area contributed by atoms with Crippen LogP contribution in [0.1, 0.15) is 18.9 Å². The SMILES string of the molecule is CCC1(c2ccccc2)NC(=O)N(CC(=O)Nc2cccc3ccccc23)C1=O. The van der Waals surface area contributed by atoms with Crippen molar-refractivity contribution in [3.63, 3.8) is 0 Å². The summed E-state index contributed by atoms with van der Waals surface area (Å²) >= 11 is 0. The zero-order valence-corrected chi connectivity index (χ0v) is 16.0. The lowest BCUT2D eigenvalue weighted by molar-refractivity contribution is -0.134. The van der Waals surface area contributed by atoms with E-state index in [1.165, 1.54) is 0 Å². The predicted octanol–water partition coefficient (Wildman–Crippen LogP) is 3.64. The summed E-state index contributed by atoms with van der Waals surface area (Å²) in [4.78, 5) is 39.3. The van der Waals surface area contributed by atoms with E-state index in [2.05, 4.69) is 10.6 Å². The zero-order chi connectivity index (χ0) is 20.4. The second-order valence-corrected chi connectivity index (χ2v) is 7.02. The van der Waals surface area contributed by atoms with Crippen LogP contribution < -0.4 is 10.6 Å². The van der Waals surface area contributed by atoms with Crippen molar-refractivity contribution < 1.29 is 14.4 Å². The molecule has 3 aromatic carbocycles. The Bertz CT molecular complexity index is 1090. The molecule has 0 aromatic heterocycles. The first-order valence-corrected chi connectivity index (χ1v) is 9.52. The van der Waals surface area contributed by atoms with Crippen molar-refractivity contribution >= 4 is 34.3 Å². The topological polar surface area (TPSA) is 78.5 Å². The average Bonchev–Trinajstić information content (AvgIpc) is 3.00. The van der Waals surface area contributed by atoms with Crippen LogP contribution in [0.15, 0.2) is 72.8 Å². The monoisotopic (exact) mass is 387 g/mol. The number of carbonyl (C=O) groups is 3. The fraction of sp³-hybridized carbons (Fsp3) is 0.174. The Morgan fingerprint density at radius 2 is 1.66 bits per heavy atom. The first-order valence-electron chi connectivity index (χ1n) is 9.52. The van der Waals surface area contributed by atoms with E-state index in [9.17, 15) is 14.4 Å². The minimum absolute atomic E-state index is 0.345. The lowest BCUT2D eigenvalue weighted by Crippen LogP contribution is -2.44. The summed E-state index contributed by atoms with van der Waals surface area (Å²) in [5.74, 6) is -0.839. The van der Waals surface area contributed by atoms with Crippen molar-refractivity contribution in [3.8, 4) is 0 Å². The number of hydrogen-bond donors (Lipinski definition) is 2. The third kappa shape index (κ3) is 3.23. The molecule has 1 atom stereocenters. The Kier molecular flexibility index (Phi) is 4.76. The van der Waals surface area contributed by atoms with Crippen LogP contribution in [0, 0.1) is 0 Å². The molecule has 0 radical (unpaired) electrons. The third-order valence-electron chi connectivity index (χ3n) is 5.34. The van der Waals surface area contributed by atoms with Gasteiger partial charge in [0.2, 0.25) is 5.91 Å². The maximum Gasteiger partial charge on any atom is 0.325 e. The molecule has 1 aliphatic heterocycles. The van der Waals surface area contributed by atoms with Gasteiger partial charge in [0.25, 0.3) is 5.91 Å². The smallest absolute Gasteiger partial charge is 0.324 e. The van der Waals surface area contributed by atoms with Crippen LogP contribution >= 0.6 is 0 Å². The number of carbonyl (C=O) groups excluding carboxylic acids is 3. The molecule has 1 aliphatic rings. The molecule has 1 heterocycles. The molecule has 146 valence electrons. The quantitative estimate of drug-likeness (QED) is 0.656. The highest BCUT2D eigenvalue weighted by Gasteiger charge is 2.51. The van der Waals surface area contributed by atoms with Gasteiger partial charge >= 0.3 is 6.03 Å². The standard InChI is InChI=1S/C23H21N3O3/c1-2-23(17-11-4-3-5-12-17)21(28)26(22(29)25-23)15-20(27)24-19-14-8-10-16-9-6-7-13-18(16)19/h3-14H,2,15H2,1H3,(H,24,27)(H,25,29). The molecule has 0 aliphatic carbocycles. The fourth-order valence-electron chi connectivity index (χ4n) is 3.80. The van der Waals surface area contributed by atoms with Crippen molar-refractivity contribution in [3.05, 3.63) is 78.4 Å². The summed E-state index contributed by atoms with van der Waals surface area (Å²) in [5, 5.41) is 7.51. The van der Waals surface area contributed by atoms with E-state index in [4.69, 9.17) is 0 Å². The molecule has 0 bridgehead atoms. The molecule has 4 amide bonds. The van der Waals surface area contributed by atoms with Gasteiger partial charge in [-0.1, -0.05) is 73.7 Å². The number of benzene rings is 3. The van der Waals surface area contributed by atoms with Gasteiger partial charge < -0.3 is 10.6 Å². The Morgan fingerprint density at radius 3 is 2.41 bits per heavy atom. The number of rotatable bonds is 5. The minimum Gasteiger partial charge on any atom is -0.324 e. The summed E-state index contributed by atoms with van der Waals surface area (Å²) in [7, 11) is 0. The highest BCUT2D eigenvalue weighted by atomic mass is 16.2. The first-order chi connectivity index (χ1) is 14.0. The lowest BCUT2D eigenvalue weighted by Gasteiger charge is -2.25. The number of imide groups is 1. The van der Waals surface area contributed by atoms with E-state index >= 15 is 0 Å². The normalized spacial score (nSPS) is 18.7. The number of urea groups is 1. The number of nitrogens with zero attached hydrogens (tertiary/aromatic N) is 1. The third-order valence-corrected chi connectivity index (χ3v) is 5.34. The van der Waals surface area contributed by atoms with E-state index in [0.717, 1.165) is 15.7 Å². The van der Waals surface area contributed by atoms with Gasteiger partial charge in [0.1, 0.15) is 12.1 Å². The van der Waals surface area contributed by atoms with E-state index in [-0.39, 0.29) is 6.54 Å². The van der Waals surface area contributed by atoms with Crippen LogP contribution in [0.5, 0.6) is 0 Å². The molecule has 0 saturated carbocycles. The Labute approximate surface area is 168 Å². The van der Waals surface area contributed by atoms with Crippen LogP contribution in [0.3, 0.4) is 0 Å². The van der Waals surface area contributed by atoms with Crippen molar-refractivity contribution in [2.45, 2.75) is 18.9 Å². The second kappa shape index (κ2) is 7.39. The van der Waals surface area contributed by atoms with Gasteiger partial charge in [0.05, 0.1) is 0 Å². The highest BCUT2D eigenvalue weighted by Crippen LogP contribution is 2.32. The van der Waals surface area contributed by atoms with Crippen LogP contribution in [-0.4, -0.2) is 29.3 Å². The molecule has 1 unspecified atom stereocenters. The van der Waals surface area contributed by atoms with E-state index < -0.39 is 23.4 Å². The van der Waals surface area contributed by atoms with E-state index in [0.29, 0.717) is 17.7 Å². The van der Waals surface area contributed by atoms with Gasteiger partial charge in [-0.25, -0.2) is 4.79 Å². The molecular weight excluding hydrogens is 366 g/mol. The summed E-state index contributed by atoms with van der Waals surface area (Å²) in [6, 6.07) is 21.8. The number of anilines is 1. The molecule has 2 N–H and O–H groups in total. The number of amides is 4. The fourth-order valence-corrected chi connectivity index (χ4v) is 3.80. The van der Waals surface area contributed by atoms with Crippen molar-refractivity contribution in [1.29, 1.82) is 0 Å². The Hall–Kier alpha value is -3.67. The summed E-state index contributed by atoms with van der Waals surface area (Å²) in [6.45, 7) is 1.49. The lowest BCUT2D eigenvalue weighted by atomic mass is 9.87. The van der Waals surface area contributed by atoms with Gasteiger partial charge in [0, 0.05) is 11.1 Å². The van der Waals surface area contributed by atoms with E-state index in [1.54, 1.807) is 18.2 Å². The van der Waals surface area contributed by atoms with Crippen LogP contribution in [0.4, 0.5) is 10.5 Å². The summed E-state index contributed by atoms with van der Waals surface area (Å²) < 4.78 is 0. The molecule has 29 heavy (non-hydrogen) atoms. The average molecular weight is 387 g/mol. The molecule has 1 fully saturated rings. The zero-order valence-electron chi connectivity index (χ0n) is 16.0. The molecule has 6 nitrogen and oxygen atoms in total. The first kappa shape index (κ1) is 18.7. The molecule has 1 saturated heterocycles. The summed E-state index contributed by atoms with van der Waals surface area (Å²) in [5.41, 5.74) is 0.209. The Morgan fingerprint density at radius 1 is 0.966 bits per heavy atom. The summed E-state index contributed by atoms with van der Waals surface area (Å²) in [6.07, 6.45) is 0.392. The Balaban J connectivity index is 1.55. The van der Waals surface area contributed by atoms with Gasteiger partial charge in [0.15, 0.2) is 0 Å². The van der Waals surface area contributed by atoms with Crippen molar-refractivity contribution in [2.75, 3.05) is 11.9 Å². The molecule has 6 heteroatoms.